The van der Waals surface area contributed by atoms with Crippen molar-refractivity contribution in [2.75, 3.05) is 11.4 Å². The van der Waals surface area contributed by atoms with Gasteiger partial charge in [0.05, 0.1) is 18.4 Å². The van der Waals surface area contributed by atoms with Crippen molar-refractivity contribution in [3.63, 3.8) is 0 Å². The molecule has 0 saturated heterocycles. The first-order valence-corrected chi connectivity index (χ1v) is 6.47. The van der Waals surface area contributed by atoms with Gasteiger partial charge in [-0.1, -0.05) is 18.2 Å². The van der Waals surface area contributed by atoms with Gasteiger partial charge in [-0.2, -0.15) is 5.26 Å². The molecular formula is C15H18N2O3. The number of benzene rings is 1. The van der Waals surface area contributed by atoms with E-state index in [9.17, 15) is 9.59 Å². The van der Waals surface area contributed by atoms with Crippen LogP contribution < -0.4 is 4.90 Å². The fourth-order valence-electron chi connectivity index (χ4n) is 2.04. The smallest absolute Gasteiger partial charge is 0.304 e. The molecule has 0 aromatic heterocycles. The average Bonchev–Trinajstić information content (AvgIpc) is 2.40. The van der Waals surface area contributed by atoms with Crippen LogP contribution in [0.15, 0.2) is 24.3 Å². The predicted octanol–water partition coefficient (Wildman–Crippen LogP) is 2.35. The number of nitrogens with zero attached hydrogens (tertiary/aromatic N) is 2. The summed E-state index contributed by atoms with van der Waals surface area (Å²) in [5, 5.41) is 17.6. The fourth-order valence-corrected chi connectivity index (χ4v) is 2.04. The van der Waals surface area contributed by atoms with Gasteiger partial charge in [0.2, 0.25) is 5.91 Å². The van der Waals surface area contributed by atoms with E-state index in [4.69, 9.17) is 10.4 Å². The van der Waals surface area contributed by atoms with Crippen molar-refractivity contribution < 1.29 is 14.7 Å². The van der Waals surface area contributed by atoms with Crippen molar-refractivity contribution >= 4 is 17.6 Å². The number of nitriles is 1. The molecule has 5 heteroatoms. The number of carbonyl (C=O) groups excluding carboxylic acids is 1. The van der Waals surface area contributed by atoms with Crippen molar-refractivity contribution in [2.24, 2.45) is 5.92 Å². The molecule has 0 heterocycles. The van der Waals surface area contributed by atoms with Gasteiger partial charge in [0.25, 0.3) is 0 Å². The van der Waals surface area contributed by atoms with Gasteiger partial charge in [-0.05, 0) is 25.5 Å². The zero-order valence-electron chi connectivity index (χ0n) is 11.7. The minimum absolute atomic E-state index is 0.0784. The van der Waals surface area contributed by atoms with Gasteiger partial charge >= 0.3 is 5.97 Å². The van der Waals surface area contributed by atoms with Crippen molar-refractivity contribution in [1.29, 1.82) is 5.26 Å². The number of hydrogen-bond donors (Lipinski definition) is 1. The van der Waals surface area contributed by atoms with Gasteiger partial charge < -0.3 is 10.0 Å². The maximum atomic E-state index is 12.3. The number of amides is 1. The largest absolute Gasteiger partial charge is 0.481 e. The highest BCUT2D eigenvalue weighted by Gasteiger charge is 2.22. The number of aliphatic carboxylic acids is 1. The van der Waals surface area contributed by atoms with Crippen LogP contribution >= 0.6 is 0 Å². The summed E-state index contributed by atoms with van der Waals surface area (Å²) < 4.78 is 0. The minimum atomic E-state index is -1.07. The quantitative estimate of drug-likeness (QED) is 0.863. The number of carboxylic acids is 1. The standard InChI is InChI=1S/C15H18N2O3/c1-3-17(13-7-5-4-6-11(13)2)14(18)8-12(10-16)9-15(19)20/h4-7,12H,3,8-9H2,1-2H3,(H,19,20). The second-order valence-electron chi connectivity index (χ2n) is 4.55. The molecular weight excluding hydrogens is 256 g/mol. The Morgan fingerprint density at radius 1 is 1.35 bits per heavy atom. The summed E-state index contributed by atoms with van der Waals surface area (Å²) in [6, 6.07) is 9.36. The second kappa shape index (κ2) is 7.29. The maximum absolute atomic E-state index is 12.3. The highest BCUT2D eigenvalue weighted by atomic mass is 16.4. The molecule has 0 saturated carbocycles. The number of hydrogen-bond acceptors (Lipinski definition) is 3. The fraction of sp³-hybridized carbons (Fsp3) is 0.400. The predicted molar refractivity (Wildman–Crippen MR) is 75.2 cm³/mol. The topological polar surface area (TPSA) is 81.4 Å². The van der Waals surface area contributed by atoms with Crippen LogP contribution in [0.5, 0.6) is 0 Å². The second-order valence-corrected chi connectivity index (χ2v) is 4.55. The van der Waals surface area contributed by atoms with E-state index < -0.39 is 11.9 Å². The molecule has 5 nitrogen and oxygen atoms in total. The number of carboxylic acid groups (broad SMARTS) is 1. The normalized spacial score (nSPS) is 11.4. The molecule has 1 amide bonds. The third-order valence-corrected chi connectivity index (χ3v) is 3.05. The molecule has 1 unspecified atom stereocenters. The third kappa shape index (κ3) is 4.09. The average molecular weight is 274 g/mol. The van der Waals surface area contributed by atoms with Crippen LogP contribution in [-0.4, -0.2) is 23.5 Å². The number of anilines is 1. The lowest BCUT2D eigenvalue weighted by molar-refractivity contribution is -0.137. The van der Waals surface area contributed by atoms with Gasteiger partial charge in [0.15, 0.2) is 0 Å². The molecule has 106 valence electrons. The van der Waals surface area contributed by atoms with Crippen LogP contribution in [-0.2, 0) is 9.59 Å². The van der Waals surface area contributed by atoms with Gasteiger partial charge in [0.1, 0.15) is 0 Å². The Kier molecular flexibility index (Phi) is 5.73. The monoisotopic (exact) mass is 274 g/mol. The van der Waals surface area contributed by atoms with Crippen LogP contribution in [0, 0.1) is 24.2 Å². The summed E-state index contributed by atoms with van der Waals surface area (Å²) >= 11 is 0. The van der Waals surface area contributed by atoms with Gasteiger partial charge in [-0.25, -0.2) is 0 Å². The van der Waals surface area contributed by atoms with E-state index in [-0.39, 0.29) is 18.7 Å². The van der Waals surface area contributed by atoms with Crippen LogP contribution in [0.4, 0.5) is 5.69 Å². The number of rotatable bonds is 6. The molecule has 20 heavy (non-hydrogen) atoms. The number of aryl methyl sites for hydroxylation is 1. The first-order chi connectivity index (χ1) is 9.49. The van der Waals surface area contributed by atoms with E-state index in [0.29, 0.717) is 6.54 Å². The lowest BCUT2D eigenvalue weighted by Crippen LogP contribution is -2.32. The number of para-hydroxylation sites is 1. The molecule has 1 atom stereocenters. The summed E-state index contributed by atoms with van der Waals surface area (Å²) in [6.45, 7) is 4.24. The molecule has 0 radical (unpaired) electrons. The van der Waals surface area contributed by atoms with Crippen molar-refractivity contribution in [2.45, 2.75) is 26.7 Å². The highest BCUT2D eigenvalue weighted by Crippen LogP contribution is 2.21. The SMILES string of the molecule is CCN(C(=O)CC(C#N)CC(=O)O)c1ccccc1C. The minimum Gasteiger partial charge on any atom is -0.481 e. The zero-order valence-corrected chi connectivity index (χ0v) is 11.7. The Bertz CT molecular complexity index is 534. The maximum Gasteiger partial charge on any atom is 0.304 e. The van der Waals surface area contributed by atoms with E-state index in [1.807, 2.05) is 44.2 Å². The summed E-state index contributed by atoms with van der Waals surface area (Å²) in [6.07, 6.45) is -0.390. The lowest BCUT2D eigenvalue weighted by atomic mass is 10.0. The molecule has 0 bridgehead atoms. The van der Waals surface area contributed by atoms with Gasteiger partial charge in [0, 0.05) is 18.7 Å². The Morgan fingerprint density at radius 2 is 2.00 bits per heavy atom. The zero-order chi connectivity index (χ0) is 15.1. The van der Waals surface area contributed by atoms with E-state index >= 15 is 0 Å². The van der Waals surface area contributed by atoms with E-state index in [0.717, 1.165) is 11.3 Å². The molecule has 0 spiro atoms. The van der Waals surface area contributed by atoms with Crippen LogP contribution in [0.25, 0.3) is 0 Å². The third-order valence-electron chi connectivity index (χ3n) is 3.05. The summed E-state index contributed by atoms with van der Waals surface area (Å²) in [5.41, 5.74) is 1.77. The molecule has 0 fully saturated rings. The Hall–Kier alpha value is -2.35. The summed E-state index contributed by atoms with van der Waals surface area (Å²) in [7, 11) is 0. The van der Waals surface area contributed by atoms with Gasteiger partial charge in [-0.15, -0.1) is 0 Å². The number of carbonyl (C=O) groups is 2. The molecule has 1 rings (SSSR count). The molecule has 1 aromatic carbocycles. The van der Waals surface area contributed by atoms with Crippen molar-refractivity contribution in [3.05, 3.63) is 29.8 Å². The first-order valence-electron chi connectivity index (χ1n) is 6.47. The molecule has 0 aliphatic heterocycles. The van der Waals surface area contributed by atoms with Crippen molar-refractivity contribution in [3.8, 4) is 6.07 Å². The van der Waals surface area contributed by atoms with Crippen molar-refractivity contribution in [1.82, 2.24) is 0 Å². The summed E-state index contributed by atoms with van der Waals surface area (Å²) in [4.78, 5) is 24.5. The molecule has 1 aromatic rings. The molecule has 1 N–H and O–H groups in total. The lowest BCUT2D eigenvalue weighted by Gasteiger charge is -2.23. The highest BCUT2D eigenvalue weighted by molar-refractivity contribution is 5.94. The Balaban J connectivity index is 2.86. The van der Waals surface area contributed by atoms with E-state index in [1.54, 1.807) is 4.90 Å². The van der Waals surface area contributed by atoms with Gasteiger partial charge in [-0.3, -0.25) is 9.59 Å². The van der Waals surface area contributed by atoms with Crippen LogP contribution in [0.3, 0.4) is 0 Å². The Labute approximate surface area is 118 Å². The van der Waals surface area contributed by atoms with Crippen LogP contribution in [0.1, 0.15) is 25.3 Å². The Morgan fingerprint density at radius 3 is 2.50 bits per heavy atom. The van der Waals surface area contributed by atoms with Crippen LogP contribution in [0.2, 0.25) is 0 Å². The first kappa shape index (κ1) is 15.7. The molecule has 0 aliphatic carbocycles. The molecule has 0 aliphatic rings. The van der Waals surface area contributed by atoms with E-state index in [1.165, 1.54) is 0 Å². The van der Waals surface area contributed by atoms with E-state index in [2.05, 4.69) is 0 Å². The summed E-state index contributed by atoms with van der Waals surface area (Å²) in [5.74, 6) is -2.09.